The van der Waals surface area contributed by atoms with Gasteiger partial charge in [0.15, 0.2) is 0 Å². The van der Waals surface area contributed by atoms with Crippen LogP contribution >= 0.6 is 0 Å². The van der Waals surface area contributed by atoms with Gasteiger partial charge in [-0.2, -0.15) is 0 Å². The van der Waals surface area contributed by atoms with Gasteiger partial charge in [0.2, 0.25) is 11.8 Å². The number of carbonyl (C=O) groups is 3. The lowest BCUT2D eigenvalue weighted by Gasteiger charge is -2.22. The summed E-state index contributed by atoms with van der Waals surface area (Å²) in [5.41, 5.74) is 1.36. The number of anilines is 1. The van der Waals surface area contributed by atoms with Crippen LogP contribution in [0.1, 0.15) is 50.0 Å². The molecule has 1 unspecified atom stereocenters. The molecule has 0 aromatic heterocycles. The Morgan fingerprint density at radius 1 is 0.968 bits per heavy atom. The molecule has 0 aliphatic rings. The highest BCUT2D eigenvalue weighted by molar-refractivity contribution is 5.97. The summed E-state index contributed by atoms with van der Waals surface area (Å²) in [6, 6.07) is 12.0. The third-order valence-corrected chi connectivity index (χ3v) is 4.63. The molecule has 2 rings (SSSR count). The molecule has 3 N–H and O–H groups in total. The van der Waals surface area contributed by atoms with Crippen molar-refractivity contribution in [2.75, 3.05) is 5.32 Å². The molecule has 3 amide bonds. The third kappa shape index (κ3) is 7.51. The number of hydrogen-bond acceptors (Lipinski definition) is 3. The Bertz CT molecular complexity index is 928. The normalized spacial score (nSPS) is 11.8. The monoisotopic (exact) mass is 427 g/mol. The smallest absolute Gasteiger partial charge is 0.254 e. The van der Waals surface area contributed by atoms with Crippen LogP contribution in [-0.4, -0.2) is 23.8 Å². The quantitative estimate of drug-likeness (QED) is 0.568. The van der Waals surface area contributed by atoms with E-state index in [0.29, 0.717) is 12.1 Å². The van der Waals surface area contributed by atoms with Crippen LogP contribution < -0.4 is 16.0 Å². The number of carbonyl (C=O) groups excluding carboxylic acids is 3. The molecular weight excluding hydrogens is 397 g/mol. The SMILES string of the molecule is CC(C)CC(=O)Nc1cccc(CNC(=O)C(NC(=O)c2ccccc2F)C(C)C)c1. The Balaban J connectivity index is 1.99. The first-order chi connectivity index (χ1) is 14.7. The van der Waals surface area contributed by atoms with Gasteiger partial charge in [-0.3, -0.25) is 14.4 Å². The number of halogens is 1. The second kappa shape index (κ2) is 11.2. The predicted octanol–water partition coefficient (Wildman–Crippen LogP) is 3.88. The second-order valence-electron chi connectivity index (χ2n) is 8.24. The summed E-state index contributed by atoms with van der Waals surface area (Å²) < 4.78 is 13.9. The van der Waals surface area contributed by atoms with Crippen molar-refractivity contribution in [3.05, 3.63) is 65.5 Å². The van der Waals surface area contributed by atoms with E-state index in [-0.39, 0.29) is 35.8 Å². The van der Waals surface area contributed by atoms with E-state index in [1.165, 1.54) is 18.2 Å². The van der Waals surface area contributed by atoms with Crippen molar-refractivity contribution in [3.8, 4) is 0 Å². The zero-order valence-electron chi connectivity index (χ0n) is 18.4. The molecule has 0 aliphatic heterocycles. The molecule has 0 saturated heterocycles. The highest BCUT2D eigenvalue weighted by Crippen LogP contribution is 2.13. The van der Waals surface area contributed by atoms with Crippen molar-refractivity contribution in [2.45, 2.75) is 46.7 Å². The maximum atomic E-state index is 13.9. The van der Waals surface area contributed by atoms with E-state index >= 15 is 0 Å². The summed E-state index contributed by atoms with van der Waals surface area (Å²) >= 11 is 0. The Morgan fingerprint density at radius 2 is 1.68 bits per heavy atom. The summed E-state index contributed by atoms with van der Waals surface area (Å²) in [5, 5.41) is 8.27. The molecule has 0 aliphatic carbocycles. The first-order valence-electron chi connectivity index (χ1n) is 10.4. The Morgan fingerprint density at radius 3 is 2.32 bits per heavy atom. The standard InChI is InChI=1S/C24H30FN3O3/c1-15(2)12-21(29)27-18-9-7-8-17(13-18)14-26-24(31)22(16(3)4)28-23(30)19-10-5-6-11-20(19)25/h5-11,13,15-16,22H,12,14H2,1-4H3,(H,26,31)(H,27,29)(H,28,30). The minimum absolute atomic E-state index is 0.0630. The number of nitrogens with one attached hydrogen (secondary N) is 3. The molecule has 6 nitrogen and oxygen atoms in total. The third-order valence-electron chi connectivity index (χ3n) is 4.63. The summed E-state index contributed by atoms with van der Waals surface area (Å²) in [6.45, 7) is 7.78. The number of benzene rings is 2. The molecule has 0 radical (unpaired) electrons. The van der Waals surface area contributed by atoms with E-state index in [2.05, 4.69) is 16.0 Å². The molecule has 166 valence electrons. The van der Waals surface area contributed by atoms with Crippen LogP contribution in [0.2, 0.25) is 0 Å². The molecule has 0 saturated carbocycles. The lowest BCUT2D eigenvalue weighted by atomic mass is 10.0. The van der Waals surface area contributed by atoms with Gasteiger partial charge in [-0.05, 0) is 41.7 Å². The average Bonchev–Trinajstić information content (AvgIpc) is 2.69. The van der Waals surface area contributed by atoms with E-state index in [0.717, 1.165) is 5.56 Å². The van der Waals surface area contributed by atoms with Crippen LogP contribution in [0, 0.1) is 17.7 Å². The first kappa shape index (κ1) is 24.1. The van der Waals surface area contributed by atoms with Gasteiger partial charge in [-0.15, -0.1) is 0 Å². The van der Waals surface area contributed by atoms with Gasteiger partial charge in [0.25, 0.3) is 5.91 Å². The zero-order chi connectivity index (χ0) is 23.0. The van der Waals surface area contributed by atoms with Gasteiger partial charge >= 0.3 is 0 Å². The van der Waals surface area contributed by atoms with Crippen LogP contribution in [0.15, 0.2) is 48.5 Å². The van der Waals surface area contributed by atoms with E-state index in [1.807, 2.05) is 19.9 Å². The van der Waals surface area contributed by atoms with Crippen LogP contribution in [0.25, 0.3) is 0 Å². The molecule has 2 aromatic carbocycles. The van der Waals surface area contributed by atoms with Gasteiger partial charge in [0.05, 0.1) is 5.56 Å². The molecule has 0 heterocycles. The number of hydrogen-bond donors (Lipinski definition) is 3. The van der Waals surface area contributed by atoms with Crippen molar-refractivity contribution in [3.63, 3.8) is 0 Å². The van der Waals surface area contributed by atoms with Gasteiger partial charge in [-0.1, -0.05) is 52.0 Å². The van der Waals surface area contributed by atoms with Gasteiger partial charge < -0.3 is 16.0 Å². The molecule has 0 fully saturated rings. The largest absolute Gasteiger partial charge is 0.350 e. The number of amides is 3. The van der Waals surface area contributed by atoms with Crippen molar-refractivity contribution < 1.29 is 18.8 Å². The minimum atomic E-state index is -0.818. The van der Waals surface area contributed by atoms with Crippen LogP contribution in [0.3, 0.4) is 0 Å². The van der Waals surface area contributed by atoms with Gasteiger partial charge in [-0.25, -0.2) is 4.39 Å². The van der Waals surface area contributed by atoms with Crippen molar-refractivity contribution in [1.82, 2.24) is 10.6 Å². The van der Waals surface area contributed by atoms with Crippen LogP contribution in [-0.2, 0) is 16.1 Å². The minimum Gasteiger partial charge on any atom is -0.350 e. The molecule has 1 atom stereocenters. The Kier molecular flexibility index (Phi) is 8.73. The maximum Gasteiger partial charge on any atom is 0.254 e. The fourth-order valence-corrected chi connectivity index (χ4v) is 3.04. The van der Waals surface area contributed by atoms with Crippen molar-refractivity contribution in [1.29, 1.82) is 0 Å². The van der Waals surface area contributed by atoms with Gasteiger partial charge in [0.1, 0.15) is 11.9 Å². The van der Waals surface area contributed by atoms with Crippen LogP contribution in [0.4, 0.5) is 10.1 Å². The summed E-state index contributed by atoms with van der Waals surface area (Å²) in [5.74, 6) is -1.64. The van der Waals surface area contributed by atoms with E-state index in [1.54, 1.807) is 38.1 Å². The molecule has 0 spiro atoms. The van der Waals surface area contributed by atoms with E-state index < -0.39 is 17.8 Å². The van der Waals surface area contributed by atoms with Gasteiger partial charge in [0, 0.05) is 18.7 Å². The molecule has 0 bridgehead atoms. The van der Waals surface area contributed by atoms with Crippen molar-refractivity contribution in [2.24, 2.45) is 11.8 Å². The lowest BCUT2D eigenvalue weighted by Crippen LogP contribution is -2.49. The summed E-state index contributed by atoms with van der Waals surface area (Å²) in [7, 11) is 0. The molecule has 2 aromatic rings. The Hall–Kier alpha value is -3.22. The molecular formula is C24H30FN3O3. The van der Waals surface area contributed by atoms with E-state index in [9.17, 15) is 18.8 Å². The molecule has 31 heavy (non-hydrogen) atoms. The van der Waals surface area contributed by atoms with Crippen LogP contribution in [0.5, 0.6) is 0 Å². The highest BCUT2D eigenvalue weighted by atomic mass is 19.1. The number of rotatable bonds is 9. The van der Waals surface area contributed by atoms with E-state index in [4.69, 9.17) is 0 Å². The fourth-order valence-electron chi connectivity index (χ4n) is 3.04. The maximum absolute atomic E-state index is 13.9. The summed E-state index contributed by atoms with van der Waals surface area (Å²) in [4.78, 5) is 37.1. The lowest BCUT2D eigenvalue weighted by molar-refractivity contribution is -0.124. The average molecular weight is 428 g/mol. The zero-order valence-corrected chi connectivity index (χ0v) is 18.4. The fraction of sp³-hybridized carbons (Fsp3) is 0.375. The first-order valence-corrected chi connectivity index (χ1v) is 10.4. The highest BCUT2D eigenvalue weighted by Gasteiger charge is 2.25. The summed E-state index contributed by atoms with van der Waals surface area (Å²) in [6.07, 6.45) is 0.429. The van der Waals surface area contributed by atoms with Crippen molar-refractivity contribution >= 4 is 23.4 Å². The predicted molar refractivity (Wildman–Crippen MR) is 119 cm³/mol. The second-order valence-corrected chi connectivity index (χ2v) is 8.24. The Labute approximate surface area is 182 Å². The molecule has 7 heteroatoms. The topological polar surface area (TPSA) is 87.3 Å².